The first-order valence-electron chi connectivity index (χ1n) is 7.12. The molecule has 2 rings (SSSR count). The van der Waals surface area contributed by atoms with Crippen LogP contribution in [-0.4, -0.2) is 22.8 Å². The first kappa shape index (κ1) is 16.8. The van der Waals surface area contributed by atoms with E-state index in [-0.39, 0.29) is 23.7 Å². The molecule has 0 saturated heterocycles. The molecule has 0 atom stereocenters. The maximum atomic E-state index is 11.9. The average molecular weight is 321 g/mol. The van der Waals surface area contributed by atoms with Gasteiger partial charge in [-0.3, -0.25) is 0 Å². The highest BCUT2D eigenvalue weighted by atomic mass is 16.5. The fraction of sp³-hybridized carbons (Fsp3) is 0.0526. The number of hydrogen-bond acceptors (Lipinski definition) is 5. The van der Waals surface area contributed by atoms with Crippen molar-refractivity contribution in [2.75, 3.05) is 6.61 Å². The Kier molecular flexibility index (Phi) is 5.76. The molecule has 0 bridgehead atoms. The number of aromatic hydroxyl groups is 2. The number of ether oxygens (including phenoxy) is 1. The van der Waals surface area contributed by atoms with Gasteiger partial charge in [-0.25, -0.2) is 4.79 Å². The highest BCUT2D eigenvalue weighted by molar-refractivity contribution is 5.98. The Morgan fingerprint density at radius 2 is 1.83 bits per heavy atom. The quantitative estimate of drug-likeness (QED) is 0.382. The van der Waals surface area contributed by atoms with Crippen LogP contribution in [-0.2, 0) is 9.53 Å². The summed E-state index contributed by atoms with van der Waals surface area (Å²) in [5.74, 6) is -1.37. The Labute approximate surface area is 139 Å². The van der Waals surface area contributed by atoms with Gasteiger partial charge in [0, 0.05) is 0 Å². The Bertz CT molecular complexity index is 817. The lowest BCUT2D eigenvalue weighted by molar-refractivity contribution is -0.137. The van der Waals surface area contributed by atoms with E-state index in [2.05, 4.69) is 0 Å². The van der Waals surface area contributed by atoms with Crippen molar-refractivity contribution in [1.82, 2.24) is 0 Å². The first-order valence-corrected chi connectivity index (χ1v) is 7.12. The van der Waals surface area contributed by atoms with Crippen molar-refractivity contribution in [3.8, 4) is 17.6 Å². The first-order chi connectivity index (χ1) is 11.6. The summed E-state index contributed by atoms with van der Waals surface area (Å²) >= 11 is 0. The monoisotopic (exact) mass is 321 g/mol. The molecular weight excluding hydrogens is 306 g/mol. The van der Waals surface area contributed by atoms with Gasteiger partial charge >= 0.3 is 5.97 Å². The van der Waals surface area contributed by atoms with Crippen LogP contribution in [0.4, 0.5) is 0 Å². The van der Waals surface area contributed by atoms with Crippen molar-refractivity contribution in [3.05, 3.63) is 71.3 Å². The highest BCUT2D eigenvalue weighted by Gasteiger charge is 2.10. The van der Waals surface area contributed by atoms with Gasteiger partial charge in [-0.05, 0) is 35.4 Å². The zero-order chi connectivity index (χ0) is 17.4. The van der Waals surface area contributed by atoms with Gasteiger partial charge in [-0.2, -0.15) is 5.26 Å². The SMILES string of the molecule is N#CC(=Cc1ccc(O)c(O)c1)C(=O)OC/C=C/c1ccccc1. The van der Waals surface area contributed by atoms with E-state index >= 15 is 0 Å². The Morgan fingerprint density at radius 1 is 1.08 bits per heavy atom. The third-order valence-electron chi connectivity index (χ3n) is 3.07. The van der Waals surface area contributed by atoms with Crippen LogP contribution in [0.3, 0.4) is 0 Å². The summed E-state index contributed by atoms with van der Waals surface area (Å²) in [7, 11) is 0. The third-order valence-corrected chi connectivity index (χ3v) is 3.07. The van der Waals surface area contributed by atoms with Gasteiger partial charge < -0.3 is 14.9 Å². The van der Waals surface area contributed by atoms with Crippen LogP contribution in [0.1, 0.15) is 11.1 Å². The predicted octanol–water partition coefficient (Wildman–Crippen LogP) is 3.26. The number of benzene rings is 2. The van der Waals surface area contributed by atoms with Gasteiger partial charge in [0.15, 0.2) is 11.5 Å². The molecule has 2 aromatic rings. The van der Waals surface area contributed by atoms with Crippen molar-refractivity contribution in [2.45, 2.75) is 0 Å². The number of phenolic OH excluding ortho intramolecular Hbond substituents is 2. The lowest BCUT2D eigenvalue weighted by Gasteiger charge is -2.02. The summed E-state index contributed by atoms with van der Waals surface area (Å²) in [4.78, 5) is 11.9. The molecule has 5 heteroatoms. The van der Waals surface area contributed by atoms with Crippen molar-refractivity contribution < 1.29 is 19.7 Å². The molecular formula is C19H15NO4. The van der Waals surface area contributed by atoms with Gasteiger partial charge in [0.05, 0.1) is 0 Å². The number of esters is 1. The van der Waals surface area contributed by atoms with Crippen LogP contribution in [0, 0.1) is 11.3 Å². The van der Waals surface area contributed by atoms with Crippen LogP contribution in [0.25, 0.3) is 12.2 Å². The zero-order valence-corrected chi connectivity index (χ0v) is 12.7. The van der Waals surface area contributed by atoms with E-state index in [0.717, 1.165) is 5.56 Å². The lowest BCUT2D eigenvalue weighted by atomic mass is 10.1. The molecule has 2 aromatic carbocycles. The summed E-state index contributed by atoms with van der Waals surface area (Å²) < 4.78 is 5.01. The number of phenols is 2. The number of hydrogen-bond donors (Lipinski definition) is 2. The molecule has 0 spiro atoms. The minimum Gasteiger partial charge on any atom is -0.504 e. The molecule has 0 saturated carbocycles. The van der Waals surface area contributed by atoms with Crippen LogP contribution in [0.5, 0.6) is 11.5 Å². The maximum absolute atomic E-state index is 11.9. The van der Waals surface area contributed by atoms with E-state index in [0.29, 0.717) is 5.56 Å². The molecule has 0 aliphatic carbocycles. The topological polar surface area (TPSA) is 90.5 Å². The van der Waals surface area contributed by atoms with Crippen LogP contribution < -0.4 is 0 Å². The molecule has 0 aromatic heterocycles. The second kappa shape index (κ2) is 8.20. The number of carbonyl (C=O) groups excluding carboxylic acids is 1. The largest absolute Gasteiger partial charge is 0.504 e. The smallest absolute Gasteiger partial charge is 0.349 e. The number of rotatable bonds is 5. The molecule has 120 valence electrons. The van der Waals surface area contributed by atoms with Gasteiger partial charge in [0.2, 0.25) is 0 Å². The maximum Gasteiger partial charge on any atom is 0.349 e. The number of carbonyl (C=O) groups is 1. The molecule has 0 aliphatic rings. The van der Waals surface area contributed by atoms with Gasteiger partial charge in [0.1, 0.15) is 18.2 Å². The van der Waals surface area contributed by atoms with Crippen LogP contribution >= 0.6 is 0 Å². The third kappa shape index (κ3) is 4.75. The van der Waals surface area contributed by atoms with Crippen LogP contribution in [0.15, 0.2) is 60.2 Å². The van der Waals surface area contributed by atoms with E-state index in [4.69, 9.17) is 10.00 Å². The van der Waals surface area contributed by atoms with Gasteiger partial charge in [-0.15, -0.1) is 0 Å². The summed E-state index contributed by atoms with van der Waals surface area (Å²) in [6.45, 7) is 0.0353. The fourth-order valence-corrected chi connectivity index (χ4v) is 1.88. The van der Waals surface area contributed by atoms with E-state index in [1.54, 1.807) is 18.2 Å². The fourth-order valence-electron chi connectivity index (χ4n) is 1.88. The zero-order valence-electron chi connectivity index (χ0n) is 12.7. The number of nitrogens with zero attached hydrogens (tertiary/aromatic N) is 1. The highest BCUT2D eigenvalue weighted by Crippen LogP contribution is 2.25. The normalized spacial score (nSPS) is 11.2. The standard InChI is InChI=1S/C19H15NO4/c20-13-16(11-15-8-9-17(21)18(22)12-15)19(23)24-10-4-7-14-5-2-1-3-6-14/h1-9,11-12,21-22H,10H2/b7-4+,16-11?. The lowest BCUT2D eigenvalue weighted by Crippen LogP contribution is -2.06. The summed E-state index contributed by atoms with van der Waals surface area (Å²) in [6, 6.07) is 15.3. The summed E-state index contributed by atoms with van der Waals surface area (Å²) in [6.07, 6.45) is 4.76. The molecule has 0 fully saturated rings. The van der Waals surface area contributed by atoms with Crippen molar-refractivity contribution >= 4 is 18.1 Å². The van der Waals surface area contributed by atoms with Crippen molar-refractivity contribution in [3.63, 3.8) is 0 Å². The van der Waals surface area contributed by atoms with Crippen molar-refractivity contribution in [2.24, 2.45) is 0 Å². The molecule has 5 nitrogen and oxygen atoms in total. The average Bonchev–Trinajstić information content (AvgIpc) is 2.60. The molecule has 24 heavy (non-hydrogen) atoms. The van der Waals surface area contributed by atoms with Gasteiger partial charge in [0.25, 0.3) is 0 Å². The van der Waals surface area contributed by atoms with Gasteiger partial charge in [-0.1, -0.05) is 42.5 Å². The summed E-state index contributed by atoms with van der Waals surface area (Å²) in [5.41, 5.74) is 1.18. The van der Waals surface area contributed by atoms with Crippen LogP contribution in [0.2, 0.25) is 0 Å². The Balaban J connectivity index is 1.98. The number of nitriles is 1. The predicted molar refractivity (Wildman–Crippen MR) is 89.8 cm³/mol. The molecule has 0 heterocycles. The second-order valence-electron chi connectivity index (χ2n) is 4.83. The Hall–Kier alpha value is -3.52. The molecule has 0 aliphatic heterocycles. The molecule has 0 radical (unpaired) electrons. The molecule has 2 N–H and O–H groups in total. The van der Waals surface area contributed by atoms with E-state index in [1.165, 1.54) is 24.3 Å². The molecule has 0 amide bonds. The van der Waals surface area contributed by atoms with Crippen molar-refractivity contribution in [1.29, 1.82) is 5.26 Å². The van der Waals surface area contributed by atoms with E-state index in [1.807, 2.05) is 30.3 Å². The summed E-state index contributed by atoms with van der Waals surface area (Å²) in [5, 5.41) is 27.7. The second-order valence-corrected chi connectivity index (χ2v) is 4.83. The minimum atomic E-state index is -0.761. The molecule has 0 unspecified atom stereocenters. The minimum absolute atomic E-state index is 0.0353. The van der Waals surface area contributed by atoms with E-state index < -0.39 is 5.97 Å². The Morgan fingerprint density at radius 3 is 2.50 bits per heavy atom. The van der Waals surface area contributed by atoms with E-state index in [9.17, 15) is 15.0 Å².